The van der Waals surface area contributed by atoms with E-state index in [2.05, 4.69) is 10.2 Å². The Balaban J connectivity index is 0.000000229. The Labute approximate surface area is 139 Å². The Hall–Kier alpha value is -2.85. The number of rotatable bonds is 2. The van der Waals surface area contributed by atoms with Crippen LogP contribution in [0.5, 0.6) is 11.5 Å². The Kier molecular flexibility index (Phi) is 6.15. The topological polar surface area (TPSA) is 65.2 Å². The van der Waals surface area contributed by atoms with Gasteiger partial charge in [0.25, 0.3) is 0 Å². The lowest BCUT2D eigenvalue weighted by Crippen LogP contribution is -1.68. The van der Waals surface area contributed by atoms with Crippen molar-refractivity contribution in [3.63, 3.8) is 0 Å². The lowest BCUT2D eigenvalue weighted by molar-refractivity contribution is 0.474. The minimum absolute atomic E-state index is 0.0571. The summed E-state index contributed by atoms with van der Waals surface area (Å²) in [6, 6.07) is 22.7. The van der Waals surface area contributed by atoms with Gasteiger partial charge in [-0.05, 0) is 36.4 Å². The fraction of sp³-hybridized carbons (Fsp3) is 0. The van der Waals surface area contributed by atoms with Crippen LogP contribution in [0.1, 0.15) is 0 Å². The molecule has 4 nitrogen and oxygen atoms in total. The van der Waals surface area contributed by atoms with E-state index in [1.807, 2.05) is 30.3 Å². The van der Waals surface area contributed by atoms with Crippen molar-refractivity contribution in [1.82, 2.24) is 0 Å². The average molecular weight is 327 g/mol. The van der Waals surface area contributed by atoms with Crippen LogP contribution in [0.15, 0.2) is 89.1 Å². The fourth-order valence-electron chi connectivity index (χ4n) is 1.62. The number of azo groups is 1. The Morgan fingerprint density at radius 3 is 1.30 bits per heavy atom. The molecule has 0 saturated carbocycles. The first-order valence-electron chi connectivity index (χ1n) is 6.85. The van der Waals surface area contributed by atoms with E-state index in [0.717, 1.165) is 5.02 Å². The third kappa shape index (κ3) is 5.45. The first-order valence-corrected chi connectivity index (χ1v) is 7.23. The first kappa shape index (κ1) is 16.5. The fourth-order valence-corrected chi connectivity index (χ4v) is 1.77. The maximum Gasteiger partial charge on any atom is 0.143 e. The molecule has 0 bridgehead atoms. The molecule has 0 aliphatic rings. The van der Waals surface area contributed by atoms with Gasteiger partial charge in [-0.2, -0.15) is 0 Å². The Bertz CT molecular complexity index is 729. The second-order valence-electron chi connectivity index (χ2n) is 4.47. The highest BCUT2D eigenvalue weighted by atomic mass is 35.5. The third-order valence-corrected chi connectivity index (χ3v) is 3.01. The molecule has 0 amide bonds. The number of nitrogens with zero attached hydrogens (tertiary/aromatic N) is 2. The molecule has 23 heavy (non-hydrogen) atoms. The molecule has 3 aromatic rings. The van der Waals surface area contributed by atoms with E-state index in [1.54, 1.807) is 36.4 Å². The number of phenols is 2. The predicted molar refractivity (Wildman–Crippen MR) is 91.8 cm³/mol. The highest BCUT2D eigenvalue weighted by molar-refractivity contribution is 6.30. The zero-order chi connectivity index (χ0) is 16.5. The van der Waals surface area contributed by atoms with Gasteiger partial charge in [0.2, 0.25) is 0 Å². The van der Waals surface area contributed by atoms with Crippen LogP contribution in [-0.4, -0.2) is 10.2 Å². The lowest BCUT2D eigenvalue weighted by Gasteiger charge is -1.97. The number of phenolic OH excluding ortho intramolecular Hbond substituents is 2. The molecule has 3 aromatic carbocycles. The van der Waals surface area contributed by atoms with Gasteiger partial charge in [-0.25, -0.2) is 0 Å². The largest absolute Gasteiger partial charge is 0.506 e. The summed E-state index contributed by atoms with van der Waals surface area (Å²) in [7, 11) is 0. The standard InChI is InChI=1S/C12H10N2O2.C6H5Cl/c15-11-7-3-1-5-9(11)13-14-10-6-2-4-8-12(10)16;7-6-4-2-1-3-5-6/h1-8,15-16H;1-5H. The molecule has 5 heteroatoms. The zero-order valence-electron chi connectivity index (χ0n) is 12.2. The summed E-state index contributed by atoms with van der Waals surface area (Å²) >= 11 is 5.54. The van der Waals surface area contributed by atoms with Crippen molar-refractivity contribution in [2.75, 3.05) is 0 Å². The van der Waals surface area contributed by atoms with Crippen molar-refractivity contribution in [2.45, 2.75) is 0 Å². The molecule has 0 unspecified atom stereocenters. The molecule has 0 saturated heterocycles. The van der Waals surface area contributed by atoms with Crippen LogP contribution in [0.2, 0.25) is 5.02 Å². The van der Waals surface area contributed by atoms with Crippen molar-refractivity contribution >= 4 is 23.0 Å². The molecule has 0 spiro atoms. The van der Waals surface area contributed by atoms with Crippen molar-refractivity contribution < 1.29 is 10.2 Å². The van der Waals surface area contributed by atoms with Crippen molar-refractivity contribution in [2.24, 2.45) is 10.2 Å². The molecule has 0 fully saturated rings. The average Bonchev–Trinajstić information content (AvgIpc) is 2.57. The van der Waals surface area contributed by atoms with Gasteiger partial charge in [0.15, 0.2) is 0 Å². The van der Waals surface area contributed by atoms with Crippen LogP contribution in [0.3, 0.4) is 0 Å². The maximum atomic E-state index is 9.44. The minimum atomic E-state index is 0.0571. The van der Waals surface area contributed by atoms with Gasteiger partial charge in [-0.1, -0.05) is 54.1 Å². The van der Waals surface area contributed by atoms with Gasteiger partial charge < -0.3 is 10.2 Å². The number of aromatic hydroxyl groups is 2. The zero-order valence-corrected chi connectivity index (χ0v) is 12.9. The molecule has 116 valence electrons. The highest BCUT2D eigenvalue weighted by Gasteiger charge is 1.99. The highest BCUT2D eigenvalue weighted by Crippen LogP contribution is 2.30. The van der Waals surface area contributed by atoms with Crippen LogP contribution >= 0.6 is 11.6 Å². The monoisotopic (exact) mass is 326 g/mol. The molecule has 0 radical (unpaired) electrons. The van der Waals surface area contributed by atoms with Gasteiger partial charge in [-0.3, -0.25) is 0 Å². The third-order valence-electron chi connectivity index (χ3n) is 2.76. The lowest BCUT2D eigenvalue weighted by atomic mass is 10.3. The predicted octanol–water partition coefficient (Wildman–Crippen LogP) is 5.85. The summed E-state index contributed by atoms with van der Waals surface area (Å²) < 4.78 is 0. The van der Waals surface area contributed by atoms with Gasteiger partial charge in [0.1, 0.15) is 22.9 Å². The van der Waals surface area contributed by atoms with Crippen LogP contribution in [0, 0.1) is 0 Å². The molecule has 0 aliphatic carbocycles. The van der Waals surface area contributed by atoms with Crippen LogP contribution < -0.4 is 0 Å². The van der Waals surface area contributed by atoms with Crippen LogP contribution in [0.25, 0.3) is 0 Å². The normalized spacial score (nSPS) is 10.1. The minimum Gasteiger partial charge on any atom is -0.506 e. The second kappa shape index (κ2) is 8.56. The number of para-hydroxylation sites is 2. The van der Waals surface area contributed by atoms with E-state index in [-0.39, 0.29) is 11.5 Å². The first-order chi connectivity index (χ1) is 11.2. The molecular weight excluding hydrogens is 312 g/mol. The summed E-state index contributed by atoms with van der Waals surface area (Å²) in [5.41, 5.74) is 0.733. The smallest absolute Gasteiger partial charge is 0.143 e. The second-order valence-corrected chi connectivity index (χ2v) is 4.91. The van der Waals surface area contributed by atoms with E-state index in [0.29, 0.717) is 11.4 Å². The molecule has 2 N–H and O–H groups in total. The van der Waals surface area contributed by atoms with E-state index < -0.39 is 0 Å². The number of benzene rings is 3. The summed E-state index contributed by atoms with van der Waals surface area (Å²) in [4.78, 5) is 0. The Morgan fingerprint density at radius 1 is 0.565 bits per heavy atom. The summed E-state index contributed by atoms with van der Waals surface area (Å²) in [5.74, 6) is 0.114. The van der Waals surface area contributed by atoms with E-state index in [9.17, 15) is 10.2 Å². The van der Waals surface area contributed by atoms with E-state index in [1.165, 1.54) is 12.1 Å². The SMILES string of the molecule is Clc1ccccc1.Oc1ccccc1N=Nc1ccccc1O. The maximum absolute atomic E-state index is 9.44. The molecule has 0 atom stereocenters. The van der Waals surface area contributed by atoms with Gasteiger partial charge >= 0.3 is 0 Å². The van der Waals surface area contributed by atoms with Crippen molar-refractivity contribution in [3.05, 3.63) is 83.9 Å². The molecular formula is C18H15ClN2O2. The van der Waals surface area contributed by atoms with E-state index >= 15 is 0 Å². The molecule has 3 rings (SSSR count). The molecule has 0 aliphatic heterocycles. The molecule has 0 aromatic heterocycles. The van der Waals surface area contributed by atoms with Crippen LogP contribution in [0.4, 0.5) is 11.4 Å². The van der Waals surface area contributed by atoms with E-state index in [4.69, 9.17) is 11.6 Å². The number of hydrogen-bond acceptors (Lipinski definition) is 4. The van der Waals surface area contributed by atoms with Crippen molar-refractivity contribution in [3.8, 4) is 11.5 Å². The van der Waals surface area contributed by atoms with Gasteiger partial charge in [-0.15, -0.1) is 10.2 Å². The Morgan fingerprint density at radius 2 is 0.957 bits per heavy atom. The summed E-state index contributed by atoms with van der Waals surface area (Å²) in [6.45, 7) is 0. The van der Waals surface area contributed by atoms with Crippen molar-refractivity contribution in [1.29, 1.82) is 0 Å². The van der Waals surface area contributed by atoms with Crippen LogP contribution in [-0.2, 0) is 0 Å². The number of halogens is 1. The molecule has 0 heterocycles. The quantitative estimate of drug-likeness (QED) is 0.580. The van der Waals surface area contributed by atoms with Gasteiger partial charge in [0, 0.05) is 5.02 Å². The van der Waals surface area contributed by atoms with Gasteiger partial charge in [0.05, 0.1) is 0 Å². The summed E-state index contributed by atoms with van der Waals surface area (Å²) in [6.07, 6.45) is 0. The number of hydrogen-bond donors (Lipinski definition) is 2. The summed E-state index contributed by atoms with van der Waals surface area (Å²) in [5, 5.41) is 27.4.